The molecule has 3 aromatic heterocycles. The van der Waals surface area contributed by atoms with E-state index in [9.17, 15) is 0 Å². The fourth-order valence-corrected chi connectivity index (χ4v) is 1.61. The lowest BCUT2D eigenvalue weighted by Crippen LogP contribution is -1.97. The normalized spacial score (nSPS) is 11.0. The summed E-state index contributed by atoms with van der Waals surface area (Å²) in [6, 6.07) is 9.26. The molecule has 5 nitrogen and oxygen atoms in total. The third-order valence-electron chi connectivity index (χ3n) is 2.35. The SMILES string of the molecule is Nc1cccc2nc(Cc3ccco3)nn12. The third kappa shape index (κ3) is 1.42. The smallest absolute Gasteiger partial charge is 0.159 e. The van der Waals surface area contributed by atoms with Crippen LogP contribution in [0, 0.1) is 0 Å². The van der Waals surface area contributed by atoms with E-state index in [1.54, 1.807) is 16.8 Å². The number of nitrogen functional groups attached to an aromatic ring is 1. The predicted octanol–water partition coefficient (Wildman–Crippen LogP) is 1.50. The van der Waals surface area contributed by atoms with Crippen molar-refractivity contribution < 1.29 is 4.42 Å². The Morgan fingerprint density at radius 3 is 2.94 bits per heavy atom. The molecule has 3 rings (SSSR count). The Bertz CT molecular complexity index is 612. The minimum Gasteiger partial charge on any atom is -0.469 e. The molecule has 0 aliphatic carbocycles. The number of nitrogens with zero attached hydrogens (tertiary/aromatic N) is 3. The number of anilines is 1. The molecule has 3 aromatic rings. The molecule has 0 fully saturated rings. The van der Waals surface area contributed by atoms with E-state index in [2.05, 4.69) is 10.1 Å². The molecular formula is C11H10N4O. The van der Waals surface area contributed by atoms with Gasteiger partial charge in [0.15, 0.2) is 11.5 Å². The van der Waals surface area contributed by atoms with Gasteiger partial charge in [-0.3, -0.25) is 0 Å². The van der Waals surface area contributed by atoms with Gasteiger partial charge in [-0.15, -0.1) is 5.10 Å². The number of hydrogen-bond acceptors (Lipinski definition) is 4. The number of furan rings is 1. The lowest BCUT2D eigenvalue weighted by molar-refractivity contribution is 0.517. The molecule has 0 radical (unpaired) electrons. The van der Waals surface area contributed by atoms with Gasteiger partial charge in [0.1, 0.15) is 11.6 Å². The maximum absolute atomic E-state index is 5.78. The van der Waals surface area contributed by atoms with Crippen molar-refractivity contribution in [1.82, 2.24) is 14.6 Å². The van der Waals surface area contributed by atoms with Crippen LogP contribution in [0.15, 0.2) is 41.0 Å². The van der Waals surface area contributed by atoms with Crippen molar-refractivity contribution in [3.05, 3.63) is 48.2 Å². The third-order valence-corrected chi connectivity index (χ3v) is 2.35. The van der Waals surface area contributed by atoms with Crippen LogP contribution in [0.4, 0.5) is 5.82 Å². The maximum Gasteiger partial charge on any atom is 0.159 e. The van der Waals surface area contributed by atoms with E-state index in [0.29, 0.717) is 18.1 Å². The molecule has 0 saturated carbocycles. The van der Waals surface area contributed by atoms with Crippen molar-refractivity contribution >= 4 is 11.5 Å². The molecule has 0 unspecified atom stereocenters. The summed E-state index contributed by atoms with van der Waals surface area (Å²) in [5, 5.41) is 4.31. The zero-order chi connectivity index (χ0) is 11.0. The molecule has 0 aliphatic heterocycles. The van der Waals surface area contributed by atoms with Crippen LogP contribution >= 0.6 is 0 Å². The Morgan fingerprint density at radius 2 is 2.19 bits per heavy atom. The number of nitrogens with two attached hydrogens (primary N) is 1. The van der Waals surface area contributed by atoms with E-state index in [1.165, 1.54) is 0 Å². The van der Waals surface area contributed by atoms with Crippen molar-refractivity contribution in [2.45, 2.75) is 6.42 Å². The van der Waals surface area contributed by atoms with Crippen LogP contribution in [0.5, 0.6) is 0 Å². The molecule has 16 heavy (non-hydrogen) atoms. The molecule has 0 aromatic carbocycles. The first-order valence-corrected chi connectivity index (χ1v) is 4.95. The van der Waals surface area contributed by atoms with Crippen LogP contribution in [0.3, 0.4) is 0 Å². The van der Waals surface area contributed by atoms with Crippen LogP contribution in [-0.2, 0) is 6.42 Å². The van der Waals surface area contributed by atoms with Gasteiger partial charge in [0, 0.05) is 0 Å². The monoisotopic (exact) mass is 214 g/mol. The second-order valence-corrected chi connectivity index (χ2v) is 3.50. The second kappa shape index (κ2) is 3.37. The Morgan fingerprint density at radius 1 is 1.25 bits per heavy atom. The Kier molecular flexibility index (Phi) is 1.89. The molecule has 0 bridgehead atoms. The van der Waals surface area contributed by atoms with Gasteiger partial charge < -0.3 is 10.2 Å². The summed E-state index contributed by atoms with van der Waals surface area (Å²) in [7, 11) is 0. The first kappa shape index (κ1) is 8.96. The van der Waals surface area contributed by atoms with Crippen molar-refractivity contribution in [1.29, 1.82) is 0 Å². The summed E-state index contributed by atoms with van der Waals surface area (Å²) in [6.45, 7) is 0. The quantitative estimate of drug-likeness (QED) is 0.701. The van der Waals surface area contributed by atoms with Gasteiger partial charge >= 0.3 is 0 Å². The van der Waals surface area contributed by atoms with E-state index >= 15 is 0 Å². The molecule has 0 saturated heterocycles. The van der Waals surface area contributed by atoms with Crippen molar-refractivity contribution in [2.24, 2.45) is 0 Å². The molecule has 0 atom stereocenters. The topological polar surface area (TPSA) is 69.3 Å². The highest BCUT2D eigenvalue weighted by Crippen LogP contribution is 2.10. The number of fused-ring (bicyclic) bond motifs is 1. The van der Waals surface area contributed by atoms with Crippen LogP contribution in [-0.4, -0.2) is 14.6 Å². The highest BCUT2D eigenvalue weighted by Gasteiger charge is 2.07. The lowest BCUT2D eigenvalue weighted by atomic mass is 10.3. The zero-order valence-corrected chi connectivity index (χ0v) is 8.50. The van der Waals surface area contributed by atoms with Crippen LogP contribution in [0.25, 0.3) is 5.65 Å². The maximum atomic E-state index is 5.78. The number of pyridine rings is 1. The van der Waals surface area contributed by atoms with Gasteiger partial charge in [-0.1, -0.05) is 6.07 Å². The molecule has 0 aliphatic rings. The summed E-state index contributed by atoms with van der Waals surface area (Å²) in [6.07, 6.45) is 2.22. The van der Waals surface area contributed by atoms with Gasteiger partial charge in [-0.25, -0.2) is 4.98 Å². The average Bonchev–Trinajstić information content (AvgIpc) is 2.88. The Labute approximate surface area is 91.5 Å². The van der Waals surface area contributed by atoms with Gasteiger partial charge in [-0.2, -0.15) is 4.52 Å². The summed E-state index contributed by atoms with van der Waals surface area (Å²) in [4.78, 5) is 4.36. The number of aromatic nitrogens is 3. The molecule has 0 amide bonds. The average molecular weight is 214 g/mol. The standard InChI is InChI=1S/C11H10N4O/c12-9-4-1-5-11-13-10(14-15(9)11)7-8-3-2-6-16-8/h1-6H,7,12H2. The first-order valence-electron chi connectivity index (χ1n) is 4.95. The molecular weight excluding hydrogens is 204 g/mol. The van der Waals surface area contributed by atoms with Gasteiger partial charge in [0.25, 0.3) is 0 Å². The van der Waals surface area contributed by atoms with E-state index in [1.807, 2.05) is 24.3 Å². The minimum absolute atomic E-state index is 0.578. The summed E-state index contributed by atoms with van der Waals surface area (Å²) in [5.41, 5.74) is 6.53. The van der Waals surface area contributed by atoms with Gasteiger partial charge in [-0.05, 0) is 24.3 Å². The van der Waals surface area contributed by atoms with E-state index in [-0.39, 0.29) is 0 Å². The molecule has 3 heterocycles. The van der Waals surface area contributed by atoms with Crippen LogP contribution < -0.4 is 5.73 Å². The molecule has 5 heteroatoms. The Balaban J connectivity index is 2.02. The van der Waals surface area contributed by atoms with Gasteiger partial charge in [0.05, 0.1) is 12.7 Å². The second-order valence-electron chi connectivity index (χ2n) is 3.50. The predicted molar refractivity (Wildman–Crippen MR) is 58.9 cm³/mol. The fourth-order valence-electron chi connectivity index (χ4n) is 1.61. The highest BCUT2D eigenvalue weighted by atomic mass is 16.3. The fraction of sp³-hybridized carbons (Fsp3) is 0.0909. The van der Waals surface area contributed by atoms with Crippen LogP contribution in [0.1, 0.15) is 11.6 Å². The molecule has 80 valence electrons. The first-order chi connectivity index (χ1) is 7.83. The van der Waals surface area contributed by atoms with E-state index < -0.39 is 0 Å². The lowest BCUT2D eigenvalue weighted by Gasteiger charge is -1.94. The highest BCUT2D eigenvalue weighted by molar-refractivity contribution is 5.46. The van der Waals surface area contributed by atoms with Crippen LogP contribution in [0.2, 0.25) is 0 Å². The minimum atomic E-state index is 0.578. The van der Waals surface area contributed by atoms with Crippen molar-refractivity contribution in [3.63, 3.8) is 0 Å². The summed E-state index contributed by atoms with van der Waals surface area (Å²) >= 11 is 0. The largest absolute Gasteiger partial charge is 0.469 e. The van der Waals surface area contributed by atoms with Gasteiger partial charge in [0.2, 0.25) is 0 Å². The zero-order valence-electron chi connectivity index (χ0n) is 8.50. The molecule has 0 spiro atoms. The summed E-state index contributed by atoms with van der Waals surface area (Å²) in [5.74, 6) is 2.12. The van der Waals surface area contributed by atoms with E-state index in [4.69, 9.17) is 10.2 Å². The van der Waals surface area contributed by atoms with Crippen molar-refractivity contribution in [2.75, 3.05) is 5.73 Å². The number of rotatable bonds is 2. The number of hydrogen-bond donors (Lipinski definition) is 1. The Hall–Kier alpha value is -2.30. The summed E-state index contributed by atoms with van der Waals surface area (Å²) < 4.78 is 6.87. The van der Waals surface area contributed by atoms with Crippen molar-refractivity contribution in [3.8, 4) is 0 Å². The molecule has 2 N–H and O–H groups in total. The van der Waals surface area contributed by atoms with E-state index in [0.717, 1.165) is 11.4 Å².